The summed E-state index contributed by atoms with van der Waals surface area (Å²) in [6, 6.07) is 11.0. The molecule has 0 saturated carbocycles. The Morgan fingerprint density at radius 2 is 1.62 bits per heavy atom. The number of ether oxygens (including phenoxy) is 5. The number of nitrogens with one attached hydrogen (secondary N) is 1. The third-order valence-corrected chi connectivity index (χ3v) is 6.17. The zero-order chi connectivity index (χ0) is 30.4. The number of amides is 1. The van der Waals surface area contributed by atoms with Gasteiger partial charge in [0.05, 0.1) is 45.4 Å². The van der Waals surface area contributed by atoms with E-state index in [4.69, 9.17) is 28.1 Å². The van der Waals surface area contributed by atoms with Gasteiger partial charge in [0, 0.05) is 41.9 Å². The van der Waals surface area contributed by atoms with Crippen LogP contribution < -0.4 is 25.1 Å². The van der Waals surface area contributed by atoms with Crippen LogP contribution in [0.1, 0.15) is 38.9 Å². The summed E-state index contributed by atoms with van der Waals surface area (Å²) in [6.07, 6.45) is 1.55. The van der Waals surface area contributed by atoms with E-state index >= 15 is 0 Å². The fourth-order valence-corrected chi connectivity index (χ4v) is 4.08. The molecule has 4 aromatic rings. The van der Waals surface area contributed by atoms with Gasteiger partial charge in [-0.05, 0) is 37.3 Å². The Kier molecular flexibility index (Phi) is 9.05. The number of hydrogen-bond donors (Lipinski definition) is 1. The molecule has 2 heterocycles. The van der Waals surface area contributed by atoms with E-state index in [0.29, 0.717) is 56.4 Å². The number of hydrogen-bond acceptors (Lipinski definition) is 11. The Balaban J connectivity index is 1.90. The molecule has 12 nitrogen and oxygen atoms in total. The number of fused-ring (bicyclic) bond motifs is 1. The van der Waals surface area contributed by atoms with Crippen molar-refractivity contribution >= 4 is 40.2 Å². The van der Waals surface area contributed by atoms with E-state index in [-0.39, 0.29) is 17.7 Å². The molecule has 0 atom stereocenters. The number of carbonyl (C=O) groups excluding carboxylic acids is 3. The molecule has 0 bridgehead atoms. The average Bonchev–Trinajstić information content (AvgIpc) is 2.99. The molecule has 2 aromatic carbocycles. The first-order valence-corrected chi connectivity index (χ1v) is 12.6. The average molecular weight is 576 g/mol. The molecule has 218 valence electrons. The Hall–Kier alpha value is -5.39. The molecule has 0 aliphatic carbocycles. The number of benzene rings is 2. The summed E-state index contributed by atoms with van der Waals surface area (Å²) in [5.41, 5.74) is 2.55. The van der Waals surface area contributed by atoms with E-state index < -0.39 is 17.8 Å². The second-order valence-corrected chi connectivity index (χ2v) is 8.88. The van der Waals surface area contributed by atoms with Gasteiger partial charge in [0.25, 0.3) is 5.91 Å². The van der Waals surface area contributed by atoms with Crippen molar-refractivity contribution in [1.29, 1.82) is 0 Å². The molecule has 0 aliphatic heterocycles. The van der Waals surface area contributed by atoms with Crippen LogP contribution in [-0.2, 0) is 20.9 Å². The van der Waals surface area contributed by atoms with Gasteiger partial charge in [-0.15, -0.1) is 0 Å². The molecule has 1 amide bonds. The maximum atomic E-state index is 13.7. The minimum Gasteiger partial charge on any atom is -0.493 e. The van der Waals surface area contributed by atoms with Crippen molar-refractivity contribution in [3.63, 3.8) is 0 Å². The van der Waals surface area contributed by atoms with Crippen molar-refractivity contribution in [1.82, 2.24) is 4.98 Å². The second-order valence-electron chi connectivity index (χ2n) is 8.88. The fourth-order valence-electron chi connectivity index (χ4n) is 4.08. The summed E-state index contributed by atoms with van der Waals surface area (Å²) in [5, 5.41) is 3.31. The Labute approximate surface area is 240 Å². The molecule has 12 heteroatoms. The van der Waals surface area contributed by atoms with E-state index in [9.17, 15) is 14.4 Å². The first kappa shape index (κ1) is 29.6. The second kappa shape index (κ2) is 12.9. The zero-order valence-corrected chi connectivity index (χ0v) is 23.9. The van der Waals surface area contributed by atoms with Gasteiger partial charge in [-0.2, -0.15) is 0 Å². The van der Waals surface area contributed by atoms with Gasteiger partial charge >= 0.3 is 11.9 Å². The summed E-state index contributed by atoms with van der Waals surface area (Å²) in [5.74, 6) is -0.437. The van der Waals surface area contributed by atoms with E-state index in [1.54, 1.807) is 43.5 Å². The van der Waals surface area contributed by atoms with Crippen LogP contribution in [-0.4, -0.2) is 51.3 Å². The lowest BCUT2D eigenvalue weighted by Crippen LogP contribution is -2.22. The minimum atomic E-state index is -0.550. The van der Waals surface area contributed by atoms with Gasteiger partial charge in [-0.25, -0.2) is 9.79 Å². The Morgan fingerprint density at radius 3 is 2.19 bits per heavy atom. The monoisotopic (exact) mass is 575 g/mol. The number of carbonyl (C=O) groups is 3. The molecular weight excluding hydrogens is 546 g/mol. The Morgan fingerprint density at radius 1 is 0.952 bits per heavy atom. The van der Waals surface area contributed by atoms with E-state index in [2.05, 4.69) is 15.3 Å². The molecule has 0 aliphatic rings. The molecule has 4 rings (SSSR count). The fraction of sp³-hybridized carbons (Fsp3) is 0.233. The summed E-state index contributed by atoms with van der Waals surface area (Å²) >= 11 is 0. The highest BCUT2D eigenvalue weighted by molar-refractivity contribution is 6.06. The summed E-state index contributed by atoms with van der Waals surface area (Å²) in [7, 11) is 5.73. The molecule has 0 saturated heterocycles. The van der Waals surface area contributed by atoms with Crippen molar-refractivity contribution in [2.45, 2.75) is 20.5 Å². The van der Waals surface area contributed by atoms with Crippen molar-refractivity contribution in [2.75, 3.05) is 33.8 Å². The Bertz CT molecular complexity index is 1700. The van der Waals surface area contributed by atoms with Gasteiger partial charge in [0.2, 0.25) is 11.3 Å². The smallest absolute Gasteiger partial charge is 0.337 e. The lowest BCUT2D eigenvalue weighted by molar-refractivity contribution is -0.142. The van der Waals surface area contributed by atoms with Crippen LogP contribution in [0.25, 0.3) is 11.0 Å². The first-order valence-electron chi connectivity index (χ1n) is 12.6. The van der Waals surface area contributed by atoms with Gasteiger partial charge in [0.15, 0.2) is 17.1 Å². The number of methoxy groups -OCH3 is 4. The number of aryl methyl sites for hydroxylation is 1. The summed E-state index contributed by atoms with van der Waals surface area (Å²) in [4.78, 5) is 45.9. The lowest BCUT2D eigenvalue weighted by atomic mass is 10.1. The van der Waals surface area contributed by atoms with E-state index in [1.807, 2.05) is 0 Å². The maximum Gasteiger partial charge on any atom is 0.337 e. The minimum absolute atomic E-state index is 0.0324. The highest BCUT2D eigenvalue weighted by Gasteiger charge is 2.19. The van der Waals surface area contributed by atoms with Crippen LogP contribution in [0.2, 0.25) is 0 Å². The number of esters is 2. The number of nitrogens with zero attached hydrogens (tertiary/aromatic N) is 2. The molecule has 0 unspecified atom stereocenters. The van der Waals surface area contributed by atoms with Crippen LogP contribution in [0.5, 0.6) is 17.2 Å². The number of aromatic nitrogens is 1. The van der Waals surface area contributed by atoms with Gasteiger partial charge < -0.3 is 33.4 Å². The predicted molar refractivity (Wildman–Crippen MR) is 151 cm³/mol. The molecule has 0 spiro atoms. The van der Waals surface area contributed by atoms with E-state index in [0.717, 1.165) is 0 Å². The van der Waals surface area contributed by atoms with Crippen LogP contribution in [0.15, 0.2) is 58.1 Å². The SMILES string of the molecule is COC(=O)c1ccc(NC(=O)c2cc3c(COC(C)=O)cnc(C)c3oc2=Nc2cc(OC)c(OC)c(OC)c2)cc1. The maximum absolute atomic E-state index is 13.7. The highest BCUT2D eigenvalue weighted by Crippen LogP contribution is 2.40. The molecule has 1 N–H and O–H groups in total. The molecule has 0 radical (unpaired) electrons. The van der Waals surface area contributed by atoms with Crippen LogP contribution in [0.3, 0.4) is 0 Å². The summed E-state index contributed by atoms with van der Waals surface area (Å²) in [6.45, 7) is 2.97. The van der Waals surface area contributed by atoms with Crippen LogP contribution >= 0.6 is 0 Å². The topological polar surface area (TPSA) is 148 Å². The van der Waals surface area contributed by atoms with Crippen LogP contribution in [0.4, 0.5) is 11.4 Å². The number of pyridine rings is 1. The van der Waals surface area contributed by atoms with Crippen molar-refractivity contribution in [3.8, 4) is 17.2 Å². The third kappa shape index (κ3) is 6.33. The largest absolute Gasteiger partial charge is 0.493 e. The number of rotatable bonds is 9. The molecule has 2 aromatic heterocycles. The predicted octanol–water partition coefficient (Wildman–Crippen LogP) is 4.50. The van der Waals surface area contributed by atoms with Gasteiger partial charge in [-0.3, -0.25) is 14.6 Å². The normalized spacial score (nSPS) is 11.1. The van der Waals surface area contributed by atoms with Crippen molar-refractivity contribution in [3.05, 3.63) is 76.6 Å². The molecule has 42 heavy (non-hydrogen) atoms. The van der Waals surface area contributed by atoms with Crippen LogP contribution in [0, 0.1) is 6.92 Å². The quantitative estimate of drug-likeness (QED) is 0.283. The van der Waals surface area contributed by atoms with E-state index in [1.165, 1.54) is 47.5 Å². The highest BCUT2D eigenvalue weighted by atomic mass is 16.5. The first-order chi connectivity index (χ1) is 20.2. The van der Waals surface area contributed by atoms with Crippen molar-refractivity contribution < 1.29 is 42.5 Å². The van der Waals surface area contributed by atoms with Crippen molar-refractivity contribution in [2.24, 2.45) is 4.99 Å². The zero-order valence-electron chi connectivity index (χ0n) is 23.9. The standard InChI is InChI=1S/C30H29N3O9/c1-16-26-22(19(14-31-16)15-41-17(2)34)13-23(28(35)32-20-9-7-18(8-10-20)30(36)40-6)29(42-26)33-21-11-24(37-3)27(39-5)25(12-21)38-4/h7-14H,15H2,1-6H3,(H,32,35). The molecule has 0 fully saturated rings. The summed E-state index contributed by atoms with van der Waals surface area (Å²) < 4.78 is 32.4. The number of anilines is 1. The third-order valence-electron chi connectivity index (χ3n) is 6.17. The molecular formula is C30H29N3O9. The van der Waals surface area contributed by atoms with Gasteiger partial charge in [0.1, 0.15) is 12.2 Å². The lowest BCUT2D eigenvalue weighted by Gasteiger charge is -2.13. The van der Waals surface area contributed by atoms with Gasteiger partial charge in [-0.1, -0.05) is 0 Å².